The highest BCUT2D eigenvalue weighted by Crippen LogP contribution is 2.45. The van der Waals surface area contributed by atoms with Crippen LogP contribution in [0.1, 0.15) is 22.3 Å². The van der Waals surface area contributed by atoms with Gasteiger partial charge in [0.25, 0.3) is 11.4 Å². The maximum atomic E-state index is 14.5. The van der Waals surface area contributed by atoms with Crippen molar-refractivity contribution in [2.24, 2.45) is 0 Å². The van der Waals surface area contributed by atoms with Crippen LogP contribution >= 0.6 is 0 Å². The third kappa shape index (κ3) is 12.4. The van der Waals surface area contributed by atoms with Crippen molar-refractivity contribution in [3.05, 3.63) is 261 Å². The first-order chi connectivity index (χ1) is 38.3. The van der Waals surface area contributed by atoms with Gasteiger partial charge in [0, 0.05) is 83.0 Å². The molecule has 20 heteroatoms. The molecule has 0 bridgehead atoms. The number of fused-ring (bicyclic) bond motifs is 2. The zero-order valence-corrected chi connectivity index (χ0v) is 42.0. The second kappa shape index (κ2) is 23.1. The number of nitro groups is 2. The van der Waals surface area contributed by atoms with E-state index in [1.165, 1.54) is 45.8 Å². The lowest BCUT2D eigenvalue weighted by Gasteiger charge is -2.31. The molecule has 0 aliphatic carbocycles. The van der Waals surface area contributed by atoms with E-state index in [4.69, 9.17) is 9.47 Å². The Balaban J connectivity index is 0.000000194. The largest absolute Gasteiger partial charge is 0.457 e. The molecule has 10 aromatic rings. The summed E-state index contributed by atoms with van der Waals surface area (Å²) in [4.78, 5) is 21.6. The van der Waals surface area contributed by atoms with Crippen LogP contribution < -0.4 is 20.1 Å². The number of nitrogens with one attached hydrogen (secondary N) is 2. The Morgan fingerprint density at radius 3 is 1.06 bits per heavy atom. The summed E-state index contributed by atoms with van der Waals surface area (Å²) in [7, 11) is 0. The van der Waals surface area contributed by atoms with Crippen LogP contribution in [0.5, 0.6) is 23.0 Å². The topological polar surface area (TPSA) is 179 Å². The molecule has 4 N–H and O–H groups in total. The fourth-order valence-corrected chi connectivity index (χ4v) is 8.96. The molecule has 80 heavy (non-hydrogen) atoms. The highest BCUT2D eigenvalue weighted by Gasteiger charge is 2.57. The maximum absolute atomic E-state index is 14.5. The molecule has 10 rings (SSSR count). The van der Waals surface area contributed by atoms with Gasteiger partial charge in [0.15, 0.2) is 0 Å². The number of aliphatic hydroxyl groups is 2. The van der Waals surface area contributed by atoms with Crippen LogP contribution in [0.25, 0.3) is 21.8 Å². The smallest absolute Gasteiger partial charge is 0.423 e. The van der Waals surface area contributed by atoms with Crippen LogP contribution in [0.15, 0.2) is 219 Å². The summed E-state index contributed by atoms with van der Waals surface area (Å²) in [6.45, 7) is -1.47. The van der Waals surface area contributed by atoms with Crippen LogP contribution in [0.4, 0.5) is 49.1 Å². The molecule has 0 aliphatic heterocycles. The van der Waals surface area contributed by atoms with Crippen LogP contribution in [0.3, 0.4) is 0 Å². The zero-order chi connectivity index (χ0) is 56.7. The predicted octanol–water partition coefficient (Wildman–Crippen LogP) is 14.5. The summed E-state index contributed by atoms with van der Waals surface area (Å²) in [6.07, 6.45) is -7.70. The van der Waals surface area contributed by atoms with Crippen LogP contribution in [0.2, 0.25) is 0 Å². The number of anilines is 2. The van der Waals surface area contributed by atoms with Gasteiger partial charge in [-0.15, -0.1) is 0 Å². The number of hydrogen-bond acceptors (Lipinski definition) is 10. The van der Waals surface area contributed by atoms with E-state index in [1.54, 1.807) is 121 Å². The van der Waals surface area contributed by atoms with E-state index < -0.39 is 57.6 Å². The average molecular weight is 1100 g/mol. The maximum Gasteiger partial charge on any atom is 0.423 e. The van der Waals surface area contributed by atoms with Crippen molar-refractivity contribution in [2.45, 2.75) is 36.6 Å². The van der Waals surface area contributed by atoms with Gasteiger partial charge >= 0.3 is 12.4 Å². The van der Waals surface area contributed by atoms with Crippen molar-refractivity contribution in [1.29, 1.82) is 0 Å². The normalized spacial score (nSPS) is 13.1. The molecule has 0 aliphatic rings. The molecule has 2 unspecified atom stereocenters. The molecule has 0 radical (unpaired) electrons. The van der Waals surface area contributed by atoms with Gasteiger partial charge < -0.3 is 39.5 Å². The Morgan fingerprint density at radius 2 is 0.750 bits per heavy atom. The molecular weight excluding hydrogens is 1050 g/mol. The standard InChI is InChI=1S/2C30H24F3N3O4/c2*31-30(32,33)29(37,20-34-22-11-14-25(15-12-22)40-24-9-5-2-6-10-24)27-19-35(18-21-7-3-1-4-8-21)28-17-23(36(38)39)13-16-26(27)28/h2*1-17,19,34,37H,18,20H2. The van der Waals surface area contributed by atoms with Gasteiger partial charge in [-0.25, -0.2) is 0 Å². The quantitative estimate of drug-likeness (QED) is 0.0367. The second-order valence-corrected chi connectivity index (χ2v) is 18.5. The fraction of sp³-hybridized carbons (Fsp3) is 0.133. The van der Waals surface area contributed by atoms with E-state index in [-0.39, 0.29) is 46.3 Å². The van der Waals surface area contributed by atoms with Gasteiger partial charge in [-0.1, -0.05) is 97.1 Å². The summed E-state index contributed by atoms with van der Waals surface area (Å²) in [5.74, 6) is 2.21. The fourth-order valence-electron chi connectivity index (χ4n) is 8.96. The third-order valence-corrected chi connectivity index (χ3v) is 13.1. The second-order valence-electron chi connectivity index (χ2n) is 18.5. The number of benzene rings is 8. The van der Waals surface area contributed by atoms with E-state index in [0.29, 0.717) is 34.4 Å². The molecule has 8 aromatic carbocycles. The lowest BCUT2D eigenvalue weighted by molar-refractivity contribution is -0.384. The van der Waals surface area contributed by atoms with E-state index in [0.717, 1.165) is 23.3 Å². The number of non-ortho nitro benzene ring substituents is 2. The summed E-state index contributed by atoms with van der Waals surface area (Å²) in [5.41, 5.74) is -5.29. The van der Waals surface area contributed by atoms with Gasteiger partial charge in [0.2, 0.25) is 11.2 Å². The average Bonchev–Trinajstić information content (AvgIpc) is 4.24. The van der Waals surface area contributed by atoms with Gasteiger partial charge in [-0.05, 0) is 96.1 Å². The number of halogens is 6. The Bertz CT molecular complexity index is 3490. The van der Waals surface area contributed by atoms with Crippen LogP contribution in [0, 0.1) is 20.2 Å². The molecule has 14 nitrogen and oxygen atoms in total. The van der Waals surface area contributed by atoms with Crippen LogP contribution in [-0.2, 0) is 24.3 Å². The number of alkyl halides is 6. The van der Waals surface area contributed by atoms with Gasteiger partial charge in [-0.2, -0.15) is 26.3 Å². The number of hydrogen-bond donors (Lipinski definition) is 4. The molecule has 2 atom stereocenters. The predicted molar refractivity (Wildman–Crippen MR) is 291 cm³/mol. The summed E-state index contributed by atoms with van der Waals surface area (Å²) >= 11 is 0. The molecule has 0 amide bonds. The van der Waals surface area contributed by atoms with Gasteiger partial charge in [0.05, 0.1) is 34.0 Å². The highest BCUT2D eigenvalue weighted by atomic mass is 19.4. The minimum atomic E-state index is -5.07. The molecule has 2 aromatic heterocycles. The summed E-state index contributed by atoms with van der Waals surface area (Å²) in [5, 5.41) is 50.8. The lowest BCUT2D eigenvalue weighted by atomic mass is 9.92. The number of para-hydroxylation sites is 2. The first-order valence-corrected chi connectivity index (χ1v) is 24.6. The molecule has 0 spiro atoms. The molecule has 0 fully saturated rings. The Labute approximate surface area is 452 Å². The molecule has 408 valence electrons. The van der Waals surface area contributed by atoms with Crippen molar-refractivity contribution in [3.8, 4) is 23.0 Å². The number of ether oxygens (including phenoxy) is 2. The Kier molecular flexibility index (Phi) is 15.9. The van der Waals surface area contributed by atoms with Gasteiger partial charge in [0.1, 0.15) is 23.0 Å². The van der Waals surface area contributed by atoms with E-state index >= 15 is 0 Å². The molecule has 0 saturated carbocycles. The molecule has 2 heterocycles. The highest BCUT2D eigenvalue weighted by molar-refractivity contribution is 5.88. The van der Waals surface area contributed by atoms with Gasteiger partial charge in [-0.3, -0.25) is 20.2 Å². The molecular formula is C60H48F6N6O8. The number of rotatable bonds is 18. The van der Waals surface area contributed by atoms with Crippen molar-refractivity contribution in [2.75, 3.05) is 23.7 Å². The van der Waals surface area contributed by atoms with E-state index in [2.05, 4.69) is 10.6 Å². The van der Waals surface area contributed by atoms with Crippen molar-refractivity contribution < 1.29 is 55.9 Å². The number of aromatic nitrogens is 2. The van der Waals surface area contributed by atoms with Crippen LogP contribution in [-0.4, -0.2) is 54.6 Å². The molecule has 0 saturated heterocycles. The first kappa shape index (κ1) is 55.1. The SMILES string of the molecule is O=[N+]([O-])c1ccc2c(C(O)(CNc3ccc(Oc4ccccc4)cc3)C(F)(F)F)cn(Cc3ccccc3)c2c1.O=[N+]([O-])c1ccc2c(C(O)(CNc3ccc(Oc4ccccc4)cc3)C(F)(F)F)cn(Cc3ccccc3)c2c1. The minimum Gasteiger partial charge on any atom is -0.457 e. The van der Waals surface area contributed by atoms with E-state index in [1.807, 2.05) is 48.5 Å². The number of nitrogens with zero attached hydrogens (tertiary/aromatic N) is 4. The zero-order valence-electron chi connectivity index (χ0n) is 42.0. The Hall–Kier alpha value is -9.66. The number of nitro benzene ring substituents is 2. The van der Waals surface area contributed by atoms with Crippen molar-refractivity contribution >= 4 is 44.6 Å². The summed E-state index contributed by atoms with van der Waals surface area (Å²) < 4.78 is 102. The third-order valence-electron chi connectivity index (χ3n) is 13.1. The monoisotopic (exact) mass is 1090 g/mol. The minimum absolute atomic E-state index is 0.0646. The summed E-state index contributed by atoms with van der Waals surface area (Å²) in [6, 6.07) is 55.9. The van der Waals surface area contributed by atoms with Crippen molar-refractivity contribution in [1.82, 2.24) is 9.13 Å². The lowest BCUT2D eigenvalue weighted by Crippen LogP contribution is -2.47. The Morgan fingerprint density at radius 1 is 0.438 bits per heavy atom. The van der Waals surface area contributed by atoms with E-state index in [9.17, 15) is 56.8 Å². The van der Waals surface area contributed by atoms with Crippen molar-refractivity contribution in [3.63, 3.8) is 0 Å². The first-order valence-electron chi connectivity index (χ1n) is 24.6.